The highest BCUT2D eigenvalue weighted by molar-refractivity contribution is 5.77. The van der Waals surface area contributed by atoms with Crippen molar-refractivity contribution < 1.29 is 4.79 Å². The fraction of sp³-hybridized carbons (Fsp3) is 0. The molecule has 0 aliphatic carbocycles. The quantitative estimate of drug-likeness (QED) is 0.301. The summed E-state index contributed by atoms with van der Waals surface area (Å²) >= 11 is 0. The summed E-state index contributed by atoms with van der Waals surface area (Å²) in [6.07, 6.45) is 3.79. The molecule has 0 saturated heterocycles. The number of allylic oxidation sites excluding steroid dienone is 1. The van der Waals surface area contributed by atoms with Gasteiger partial charge in [-0.3, -0.25) is 10.6 Å². The molecule has 0 aliphatic heterocycles. The summed E-state index contributed by atoms with van der Waals surface area (Å²) < 4.78 is 0. The standard InChI is InChI=1S/C9H9N2O/c10-11-9-6-2-1-4-8(9)5-3-7-12/h1-5,7,11H,10H2/b5-3+. The van der Waals surface area contributed by atoms with Crippen molar-refractivity contribution in [1.29, 1.82) is 0 Å². The number of carbonyl (C=O) groups excluding carboxylic acids is 1. The van der Waals surface area contributed by atoms with E-state index in [0.717, 1.165) is 5.56 Å². The van der Waals surface area contributed by atoms with Crippen molar-refractivity contribution in [2.45, 2.75) is 0 Å². The third kappa shape index (κ3) is 1.93. The van der Waals surface area contributed by atoms with Crippen LogP contribution in [-0.4, -0.2) is 6.29 Å². The number of benzene rings is 1. The number of rotatable bonds is 3. The number of hydrogen-bond acceptors (Lipinski definition) is 3. The van der Waals surface area contributed by atoms with E-state index in [9.17, 15) is 4.79 Å². The van der Waals surface area contributed by atoms with Crippen LogP contribution in [0.1, 0.15) is 5.56 Å². The molecular weight excluding hydrogens is 152 g/mol. The first-order chi connectivity index (χ1) is 5.88. The van der Waals surface area contributed by atoms with Gasteiger partial charge in [0, 0.05) is 6.07 Å². The van der Waals surface area contributed by atoms with Crippen molar-refractivity contribution in [3.8, 4) is 0 Å². The van der Waals surface area contributed by atoms with E-state index >= 15 is 0 Å². The molecule has 0 bridgehead atoms. The van der Waals surface area contributed by atoms with Crippen LogP contribution in [0.3, 0.4) is 0 Å². The Morgan fingerprint density at radius 3 is 3.08 bits per heavy atom. The molecule has 0 amide bonds. The highest BCUT2D eigenvalue weighted by Gasteiger charge is 1.93. The number of carbonyl (C=O) groups is 1. The molecule has 1 rings (SSSR count). The second-order valence-electron chi connectivity index (χ2n) is 2.14. The third-order valence-electron chi connectivity index (χ3n) is 1.39. The van der Waals surface area contributed by atoms with Gasteiger partial charge in [0.05, 0.1) is 5.69 Å². The number of nitrogen functional groups attached to an aromatic ring is 1. The molecule has 0 aliphatic rings. The average molecular weight is 161 g/mol. The monoisotopic (exact) mass is 161 g/mol. The minimum Gasteiger partial charge on any atom is -0.323 e. The summed E-state index contributed by atoms with van der Waals surface area (Å²) in [6.45, 7) is 0. The van der Waals surface area contributed by atoms with Crippen molar-refractivity contribution in [3.05, 3.63) is 35.9 Å². The van der Waals surface area contributed by atoms with E-state index < -0.39 is 0 Å². The van der Waals surface area contributed by atoms with Crippen molar-refractivity contribution in [3.63, 3.8) is 0 Å². The zero-order chi connectivity index (χ0) is 8.81. The minimum atomic E-state index is 0.676. The van der Waals surface area contributed by atoms with E-state index in [-0.39, 0.29) is 0 Å². The molecule has 0 saturated carbocycles. The van der Waals surface area contributed by atoms with Gasteiger partial charge in [0.1, 0.15) is 6.29 Å². The second kappa shape index (κ2) is 4.31. The predicted octanol–water partition coefficient (Wildman–Crippen LogP) is 0.984. The molecule has 3 heteroatoms. The van der Waals surface area contributed by atoms with Crippen LogP contribution >= 0.6 is 0 Å². The number of nitrogens with one attached hydrogen (secondary N) is 1. The van der Waals surface area contributed by atoms with Gasteiger partial charge in [-0.1, -0.05) is 18.2 Å². The number of anilines is 1. The van der Waals surface area contributed by atoms with Crippen LogP contribution in [0.5, 0.6) is 0 Å². The summed E-state index contributed by atoms with van der Waals surface area (Å²) in [5.41, 5.74) is 4.00. The van der Waals surface area contributed by atoms with Gasteiger partial charge in [-0.15, -0.1) is 0 Å². The Morgan fingerprint density at radius 2 is 2.42 bits per heavy atom. The average Bonchev–Trinajstić information content (AvgIpc) is 2.15. The molecule has 61 valence electrons. The predicted molar refractivity (Wildman–Crippen MR) is 48.2 cm³/mol. The van der Waals surface area contributed by atoms with E-state index in [0.29, 0.717) is 12.0 Å². The number of nitrogens with two attached hydrogens (primary N) is 1. The number of hydrogen-bond donors (Lipinski definition) is 2. The van der Waals surface area contributed by atoms with Gasteiger partial charge in [0.2, 0.25) is 0 Å². The highest BCUT2D eigenvalue weighted by Crippen LogP contribution is 2.13. The Hall–Kier alpha value is -1.61. The molecule has 1 aromatic carbocycles. The third-order valence-corrected chi connectivity index (χ3v) is 1.39. The molecule has 0 unspecified atom stereocenters. The lowest BCUT2D eigenvalue weighted by Gasteiger charge is -2.01. The fourth-order valence-corrected chi connectivity index (χ4v) is 0.857. The zero-order valence-corrected chi connectivity index (χ0v) is 6.45. The first-order valence-electron chi connectivity index (χ1n) is 3.47. The van der Waals surface area contributed by atoms with Crippen molar-refractivity contribution >= 4 is 18.0 Å². The van der Waals surface area contributed by atoms with Crippen LogP contribution in [0, 0.1) is 6.07 Å². The molecule has 1 radical (unpaired) electrons. The van der Waals surface area contributed by atoms with E-state index in [1.54, 1.807) is 12.1 Å². The first kappa shape index (κ1) is 8.49. The fourth-order valence-electron chi connectivity index (χ4n) is 0.857. The highest BCUT2D eigenvalue weighted by atomic mass is 16.1. The first-order valence-corrected chi connectivity index (χ1v) is 3.47. The van der Waals surface area contributed by atoms with Crippen molar-refractivity contribution in [2.75, 3.05) is 5.43 Å². The molecule has 0 aromatic heterocycles. The smallest absolute Gasteiger partial charge is 0.142 e. The van der Waals surface area contributed by atoms with Gasteiger partial charge in [0.25, 0.3) is 0 Å². The van der Waals surface area contributed by atoms with E-state index in [4.69, 9.17) is 5.84 Å². The van der Waals surface area contributed by atoms with Crippen LogP contribution in [0.25, 0.3) is 6.08 Å². The van der Waals surface area contributed by atoms with Crippen LogP contribution in [0.4, 0.5) is 5.69 Å². The molecular formula is C9H9N2O. The maximum atomic E-state index is 10.0. The summed E-state index contributed by atoms with van der Waals surface area (Å²) in [5.74, 6) is 5.22. The zero-order valence-electron chi connectivity index (χ0n) is 6.45. The number of para-hydroxylation sites is 1. The second-order valence-corrected chi connectivity index (χ2v) is 2.14. The molecule has 0 heterocycles. The lowest BCUT2D eigenvalue weighted by atomic mass is 10.2. The topological polar surface area (TPSA) is 55.1 Å². The minimum absolute atomic E-state index is 0.676. The van der Waals surface area contributed by atoms with Crippen LogP contribution < -0.4 is 11.3 Å². The SMILES string of the molecule is NNc1[c]cccc1/C=C/C=O. The van der Waals surface area contributed by atoms with E-state index in [1.165, 1.54) is 6.08 Å². The van der Waals surface area contributed by atoms with Crippen molar-refractivity contribution in [1.82, 2.24) is 0 Å². The Bertz CT molecular complexity index is 294. The molecule has 12 heavy (non-hydrogen) atoms. The normalized spacial score (nSPS) is 10.1. The maximum absolute atomic E-state index is 10.0. The van der Waals surface area contributed by atoms with Gasteiger partial charge < -0.3 is 5.43 Å². The summed E-state index contributed by atoms with van der Waals surface area (Å²) in [7, 11) is 0. The lowest BCUT2D eigenvalue weighted by molar-refractivity contribution is -0.104. The molecule has 1 aromatic rings. The molecule has 0 atom stereocenters. The number of hydrazine groups is 1. The number of aldehydes is 1. The largest absolute Gasteiger partial charge is 0.323 e. The Balaban J connectivity index is 2.96. The van der Waals surface area contributed by atoms with E-state index in [2.05, 4.69) is 11.5 Å². The van der Waals surface area contributed by atoms with Gasteiger partial charge in [-0.05, 0) is 17.7 Å². The molecule has 3 N–H and O–H groups in total. The van der Waals surface area contributed by atoms with Crippen molar-refractivity contribution in [2.24, 2.45) is 5.84 Å². The Morgan fingerprint density at radius 1 is 1.58 bits per heavy atom. The van der Waals surface area contributed by atoms with Gasteiger partial charge in [0.15, 0.2) is 0 Å². The van der Waals surface area contributed by atoms with Gasteiger partial charge in [-0.2, -0.15) is 0 Å². The Labute approximate surface area is 70.9 Å². The maximum Gasteiger partial charge on any atom is 0.142 e. The van der Waals surface area contributed by atoms with Crippen LogP contribution in [-0.2, 0) is 4.79 Å². The van der Waals surface area contributed by atoms with Crippen LogP contribution in [0.15, 0.2) is 24.3 Å². The van der Waals surface area contributed by atoms with E-state index in [1.807, 2.05) is 12.1 Å². The van der Waals surface area contributed by atoms with Gasteiger partial charge in [-0.25, -0.2) is 0 Å². The molecule has 0 spiro atoms. The summed E-state index contributed by atoms with van der Waals surface area (Å²) in [6, 6.07) is 8.30. The lowest BCUT2D eigenvalue weighted by Crippen LogP contribution is -2.07. The summed E-state index contributed by atoms with van der Waals surface area (Å²) in [5, 5.41) is 0. The molecule has 3 nitrogen and oxygen atoms in total. The summed E-state index contributed by atoms with van der Waals surface area (Å²) in [4.78, 5) is 10.0. The Kier molecular flexibility index (Phi) is 3.04. The van der Waals surface area contributed by atoms with Crippen LogP contribution in [0.2, 0.25) is 0 Å². The van der Waals surface area contributed by atoms with Gasteiger partial charge >= 0.3 is 0 Å². The molecule has 0 fully saturated rings.